The first-order chi connectivity index (χ1) is 17.1. The van der Waals surface area contributed by atoms with Crippen LogP contribution >= 0.6 is 23.2 Å². The van der Waals surface area contributed by atoms with Crippen molar-refractivity contribution in [2.75, 3.05) is 27.1 Å². The van der Waals surface area contributed by atoms with E-state index >= 15 is 0 Å². The Balaban J connectivity index is 1.74. The number of anilines is 3. The predicted molar refractivity (Wildman–Crippen MR) is 136 cm³/mol. The van der Waals surface area contributed by atoms with Gasteiger partial charge < -0.3 is 5.32 Å². The average Bonchev–Trinajstić information content (AvgIpc) is 2.78. The molecule has 0 spiro atoms. The van der Waals surface area contributed by atoms with Crippen LogP contribution in [0.1, 0.15) is 5.56 Å². The van der Waals surface area contributed by atoms with Crippen LogP contribution in [0.4, 0.5) is 30.2 Å². The van der Waals surface area contributed by atoms with E-state index in [0.717, 1.165) is 34.8 Å². The molecule has 0 unspecified atom stereocenters. The van der Waals surface area contributed by atoms with Gasteiger partial charge in [-0.25, -0.2) is 16.8 Å². The summed E-state index contributed by atoms with van der Waals surface area (Å²) in [7, 11) is -8.19. The van der Waals surface area contributed by atoms with Crippen LogP contribution in [0.2, 0.25) is 10.0 Å². The van der Waals surface area contributed by atoms with E-state index in [1.165, 1.54) is 36.4 Å². The lowest BCUT2D eigenvalue weighted by atomic mass is 10.2. The summed E-state index contributed by atoms with van der Waals surface area (Å²) in [5.41, 5.74) is -1.18. The first-order valence-corrected chi connectivity index (χ1v) is 14.2. The molecule has 1 amide bonds. The van der Waals surface area contributed by atoms with Gasteiger partial charge >= 0.3 is 6.18 Å². The first kappa shape index (κ1) is 28.6. The van der Waals surface area contributed by atoms with Crippen molar-refractivity contribution in [2.24, 2.45) is 0 Å². The van der Waals surface area contributed by atoms with Gasteiger partial charge in [0.25, 0.3) is 10.0 Å². The van der Waals surface area contributed by atoms with E-state index in [1.54, 1.807) is 0 Å². The third-order valence-electron chi connectivity index (χ3n) is 4.78. The largest absolute Gasteiger partial charge is 0.416 e. The number of halogens is 5. The van der Waals surface area contributed by atoms with E-state index in [1.807, 2.05) is 0 Å². The summed E-state index contributed by atoms with van der Waals surface area (Å²) in [6, 6.07) is 12.7. The number of nitrogens with one attached hydrogen (secondary N) is 2. The molecule has 0 radical (unpaired) electrons. The Bertz CT molecular complexity index is 1530. The van der Waals surface area contributed by atoms with Crippen molar-refractivity contribution in [3.8, 4) is 0 Å². The van der Waals surface area contributed by atoms with Gasteiger partial charge in [0, 0.05) is 11.4 Å². The van der Waals surface area contributed by atoms with Gasteiger partial charge in [0.15, 0.2) is 0 Å². The summed E-state index contributed by atoms with van der Waals surface area (Å²) in [6.07, 6.45) is -3.76. The van der Waals surface area contributed by atoms with E-state index in [9.17, 15) is 34.8 Å². The fourth-order valence-electron chi connectivity index (χ4n) is 3.09. The number of carbonyl (C=O) groups excluding carboxylic acids is 1. The van der Waals surface area contributed by atoms with Gasteiger partial charge in [-0.2, -0.15) is 13.2 Å². The predicted octanol–water partition coefficient (Wildman–Crippen LogP) is 5.22. The summed E-state index contributed by atoms with van der Waals surface area (Å²) in [5.74, 6) is -0.765. The minimum Gasteiger partial charge on any atom is -0.325 e. The lowest BCUT2D eigenvalue weighted by molar-refractivity contribution is -0.137. The highest BCUT2D eigenvalue weighted by atomic mass is 35.5. The number of hydrogen-bond donors (Lipinski definition) is 2. The second kappa shape index (κ2) is 10.8. The molecule has 2 N–H and O–H groups in total. The van der Waals surface area contributed by atoms with Crippen LogP contribution in [0.3, 0.4) is 0 Å². The zero-order valence-corrected chi connectivity index (χ0v) is 21.9. The highest BCUT2D eigenvalue weighted by molar-refractivity contribution is 7.92. The molecule has 0 aliphatic heterocycles. The topological polar surface area (TPSA) is 113 Å². The van der Waals surface area contributed by atoms with Crippen molar-refractivity contribution in [1.82, 2.24) is 0 Å². The van der Waals surface area contributed by atoms with E-state index in [4.69, 9.17) is 23.2 Å². The van der Waals surface area contributed by atoms with Crippen molar-refractivity contribution in [2.45, 2.75) is 11.1 Å². The Morgan fingerprint density at radius 3 is 2.14 bits per heavy atom. The SMILES string of the molecule is CS(=O)(=O)N(CC(=O)Nc1ccc(S(=O)(=O)Nc2cccc(C(F)(F)F)c2)cc1)c1cccc(Cl)c1Cl. The maximum absolute atomic E-state index is 12.9. The van der Waals surface area contributed by atoms with Crippen LogP contribution in [0, 0.1) is 0 Å². The Morgan fingerprint density at radius 1 is 0.919 bits per heavy atom. The monoisotopic (exact) mass is 595 g/mol. The molecule has 0 aromatic heterocycles. The molecule has 0 atom stereocenters. The van der Waals surface area contributed by atoms with Crippen molar-refractivity contribution in [1.29, 1.82) is 0 Å². The molecule has 0 saturated carbocycles. The molecule has 0 fully saturated rings. The minimum atomic E-state index is -4.65. The number of alkyl halides is 3. The summed E-state index contributed by atoms with van der Waals surface area (Å²) >= 11 is 12.0. The molecule has 15 heteroatoms. The van der Waals surface area contributed by atoms with Crippen LogP contribution in [-0.4, -0.2) is 35.5 Å². The van der Waals surface area contributed by atoms with Gasteiger partial charge in [-0.05, 0) is 54.6 Å². The van der Waals surface area contributed by atoms with Crippen LogP contribution in [-0.2, 0) is 31.0 Å². The maximum atomic E-state index is 12.9. The van der Waals surface area contributed by atoms with E-state index in [-0.39, 0.29) is 32.0 Å². The molecule has 0 saturated heterocycles. The molecule has 0 heterocycles. The average molecular weight is 596 g/mol. The summed E-state index contributed by atoms with van der Waals surface area (Å²) in [6.45, 7) is -0.657. The lowest BCUT2D eigenvalue weighted by Crippen LogP contribution is -2.37. The van der Waals surface area contributed by atoms with Crippen molar-refractivity contribution < 1.29 is 34.8 Å². The third-order valence-corrected chi connectivity index (χ3v) is 8.11. The number of rotatable bonds is 8. The van der Waals surface area contributed by atoms with Crippen LogP contribution in [0.25, 0.3) is 0 Å². The van der Waals surface area contributed by atoms with Crippen LogP contribution in [0.15, 0.2) is 71.6 Å². The highest BCUT2D eigenvalue weighted by Gasteiger charge is 2.31. The fourth-order valence-corrected chi connectivity index (χ4v) is 5.45. The molecular formula is C22H18Cl2F3N3O5S2. The van der Waals surface area contributed by atoms with Gasteiger partial charge in [-0.3, -0.25) is 13.8 Å². The van der Waals surface area contributed by atoms with Crippen molar-refractivity contribution in [3.05, 3.63) is 82.3 Å². The number of sulfonamides is 2. The van der Waals surface area contributed by atoms with E-state index in [0.29, 0.717) is 6.07 Å². The summed E-state index contributed by atoms with van der Waals surface area (Å²) in [4.78, 5) is 12.3. The minimum absolute atomic E-state index is 0.00563. The molecule has 3 rings (SSSR count). The summed E-state index contributed by atoms with van der Waals surface area (Å²) < 4.78 is 91.2. The number of nitrogens with zero attached hydrogens (tertiary/aromatic N) is 1. The van der Waals surface area contributed by atoms with Crippen molar-refractivity contribution in [3.63, 3.8) is 0 Å². The first-order valence-electron chi connectivity index (χ1n) is 10.1. The van der Waals surface area contributed by atoms with Gasteiger partial charge in [0.1, 0.15) is 6.54 Å². The Kier molecular flexibility index (Phi) is 8.32. The Hall–Kier alpha value is -3.00. The van der Waals surface area contributed by atoms with Crippen molar-refractivity contribution >= 4 is 66.2 Å². The van der Waals surface area contributed by atoms with E-state index < -0.39 is 44.2 Å². The molecule has 0 aliphatic rings. The number of hydrogen-bond acceptors (Lipinski definition) is 5. The van der Waals surface area contributed by atoms with Gasteiger partial charge in [0.05, 0.1) is 32.4 Å². The molecule has 8 nitrogen and oxygen atoms in total. The fraction of sp³-hybridized carbons (Fsp3) is 0.136. The zero-order chi connectivity index (χ0) is 27.6. The Labute approximate surface area is 221 Å². The quantitative estimate of drug-likeness (QED) is 0.371. The maximum Gasteiger partial charge on any atom is 0.416 e. The van der Waals surface area contributed by atoms with Gasteiger partial charge in [0.2, 0.25) is 15.9 Å². The molecule has 198 valence electrons. The lowest BCUT2D eigenvalue weighted by Gasteiger charge is -2.23. The number of carbonyl (C=O) groups is 1. The number of amides is 1. The van der Waals surface area contributed by atoms with Crippen LogP contribution < -0.4 is 14.3 Å². The molecule has 3 aromatic rings. The molecule has 37 heavy (non-hydrogen) atoms. The smallest absolute Gasteiger partial charge is 0.325 e. The highest BCUT2D eigenvalue weighted by Crippen LogP contribution is 2.34. The number of benzene rings is 3. The second-order valence-corrected chi connectivity index (χ2v) is 12.0. The van der Waals surface area contributed by atoms with Crippen LogP contribution in [0.5, 0.6) is 0 Å². The molecule has 0 aliphatic carbocycles. The van der Waals surface area contributed by atoms with Gasteiger partial charge in [-0.15, -0.1) is 0 Å². The summed E-state index contributed by atoms with van der Waals surface area (Å²) in [5, 5.41) is 2.46. The second-order valence-electron chi connectivity index (χ2n) is 7.60. The van der Waals surface area contributed by atoms with E-state index in [2.05, 4.69) is 10.0 Å². The Morgan fingerprint density at radius 2 is 1.54 bits per heavy atom. The molecule has 3 aromatic carbocycles. The third kappa shape index (κ3) is 7.28. The molecular weight excluding hydrogens is 578 g/mol. The van der Waals surface area contributed by atoms with Gasteiger partial charge in [-0.1, -0.05) is 35.3 Å². The standard InChI is InChI=1S/C22H18Cl2F3N3O5S2/c1-36(32,33)30(19-7-3-6-18(23)21(19)24)13-20(31)28-15-8-10-17(11-9-15)37(34,35)29-16-5-2-4-14(12-16)22(25,26)27/h2-12,29H,13H2,1H3,(H,28,31). The molecule has 0 bridgehead atoms. The normalized spacial score (nSPS) is 12.2. The zero-order valence-electron chi connectivity index (χ0n) is 18.8.